The molecule has 0 radical (unpaired) electrons. The average molecular weight is 387 g/mol. The van der Waals surface area contributed by atoms with E-state index in [9.17, 15) is 14.4 Å². The van der Waals surface area contributed by atoms with E-state index in [1.165, 1.54) is 6.26 Å². The Bertz CT molecular complexity index is 804. The summed E-state index contributed by atoms with van der Waals surface area (Å²) in [6.45, 7) is 5.22. The number of hydrogen-bond acceptors (Lipinski definition) is 5. The van der Waals surface area contributed by atoms with E-state index >= 15 is 0 Å². The number of carbonyl (C=O) groups excluding carboxylic acids is 3. The maximum Gasteiger partial charge on any atom is 0.291 e. The summed E-state index contributed by atoms with van der Waals surface area (Å²) in [4.78, 5) is 35.9. The van der Waals surface area contributed by atoms with Gasteiger partial charge in [0.1, 0.15) is 11.8 Å². The number of rotatable bonds is 9. The Morgan fingerprint density at radius 2 is 1.89 bits per heavy atom. The minimum atomic E-state index is -0.663. The molecular weight excluding hydrogens is 362 g/mol. The van der Waals surface area contributed by atoms with Crippen molar-refractivity contribution >= 4 is 23.4 Å². The van der Waals surface area contributed by atoms with Gasteiger partial charge in [-0.1, -0.05) is 13.0 Å². The molecule has 0 fully saturated rings. The Balaban J connectivity index is 1.83. The third-order valence-electron chi connectivity index (χ3n) is 3.98. The monoisotopic (exact) mass is 387 g/mol. The first-order valence-electron chi connectivity index (χ1n) is 9.06. The first-order valence-corrected chi connectivity index (χ1v) is 9.06. The maximum absolute atomic E-state index is 12.0. The molecule has 0 aliphatic heterocycles. The number of amides is 3. The van der Waals surface area contributed by atoms with Gasteiger partial charge in [0.2, 0.25) is 5.91 Å². The second-order valence-corrected chi connectivity index (χ2v) is 6.36. The third kappa shape index (κ3) is 6.46. The molecule has 28 heavy (non-hydrogen) atoms. The van der Waals surface area contributed by atoms with E-state index in [1.54, 1.807) is 43.3 Å². The Hall–Kier alpha value is -3.29. The quantitative estimate of drug-likeness (QED) is 0.612. The predicted molar refractivity (Wildman–Crippen MR) is 104 cm³/mol. The summed E-state index contributed by atoms with van der Waals surface area (Å²) < 4.78 is 10.5. The molecule has 8 nitrogen and oxygen atoms in total. The van der Waals surface area contributed by atoms with Crippen molar-refractivity contribution in [3.63, 3.8) is 0 Å². The summed E-state index contributed by atoms with van der Waals surface area (Å²) >= 11 is 0. The third-order valence-corrected chi connectivity index (χ3v) is 3.98. The second kappa shape index (κ2) is 10.1. The standard InChI is InChI=1S/C20H25N3O5/c1-4-13(2)21-19(25)14(3)22-18(24)12-28-16-8-5-7-15(11-16)23-20(26)17-9-6-10-27-17/h5-11,13-14H,4,12H2,1-3H3,(H,21,25)(H,22,24)(H,23,26). The number of benzene rings is 1. The van der Waals surface area contributed by atoms with Crippen molar-refractivity contribution in [2.75, 3.05) is 11.9 Å². The summed E-state index contributed by atoms with van der Waals surface area (Å²) in [6.07, 6.45) is 2.22. The molecule has 150 valence electrons. The lowest BCUT2D eigenvalue weighted by Crippen LogP contribution is -2.48. The fourth-order valence-electron chi connectivity index (χ4n) is 2.23. The molecule has 2 unspecified atom stereocenters. The molecule has 2 rings (SSSR count). The molecule has 0 spiro atoms. The normalized spacial score (nSPS) is 12.5. The highest BCUT2D eigenvalue weighted by molar-refractivity contribution is 6.02. The molecule has 1 aromatic heterocycles. The van der Waals surface area contributed by atoms with Crippen LogP contribution >= 0.6 is 0 Å². The Kier molecular flexibility index (Phi) is 7.62. The molecule has 3 N–H and O–H groups in total. The molecule has 1 heterocycles. The Morgan fingerprint density at radius 3 is 2.57 bits per heavy atom. The average Bonchev–Trinajstić information content (AvgIpc) is 3.21. The minimum absolute atomic E-state index is 0.0437. The lowest BCUT2D eigenvalue weighted by Gasteiger charge is -2.17. The molecule has 0 saturated heterocycles. The van der Waals surface area contributed by atoms with Crippen LogP contribution in [0.4, 0.5) is 5.69 Å². The van der Waals surface area contributed by atoms with E-state index in [2.05, 4.69) is 16.0 Å². The molecular formula is C20H25N3O5. The van der Waals surface area contributed by atoms with Crippen molar-refractivity contribution in [1.29, 1.82) is 0 Å². The van der Waals surface area contributed by atoms with Gasteiger partial charge in [0.15, 0.2) is 12.4 Å². The van der Waals surface area contributed by atoms with Crippen LogP contribution < -0.4 is 20.7 Å². The van der Waals surface area contributed by atoms with Crippen LogP contribution in [0.15, 0.2) is 47.1 Å². The van der Waals surface area contributed by atoms with Crippen LogP contribution in [0.25, 0.3) is 0 Å². The number of nitrogens with one attached hydrogen (secondary N) is 3. The van der Waals surface area contributed by atoms with Gasteiger partial charge in [0.05, 0.1) is 6.26 Å². The van der Waals surface area contributed by atoms with Crippen molar-refractivity contribution in [2.45, 2.75) is 39.3 Å². The highest BCUT2D eigenvalue weighted by Crippen LogP contribution is 2.18. The zero-order chi connectivity index (χ0) is 20.5. The maximum atomic E-state index is 12.0. The van der Waals surface area contributed by atoms with Crippen LogP contribution in [0.1, 0.15) is 37.7 Å². The number of ether oxygens (including phenoxy) is 1. The molecule has 0 bridgehead atoms. The Labute approximate surface area is 163 Å². The summed E-state index contributed by atoms with van der Waals surface area (Å²) in [5, 5.41) is 8.07. The first kappa shape index (κ1) is 21.0. The summed E-state index contributed by atoms with van der Waals surface area (Å²) in [6, 6.07) is 9.19. The van der Waals surface area contributed by atoms with Crippen molar-refractivity contribution in [3.05, 3.63) is 48.4 Å². The van der Waals surface area contributed by atoms with Gasteiger partial charge in [-0.2, -0.15) is 0 Å². The molecule has 3 amide bonds. The largest absolute Gasteiger partial charge is 0.484 e. The summed E-state index contributed by atoms with van der Waals surface area (Å²) in [7, 11) is 0. The molecule has 2 aromatic rings. The number of hydrogen-bond donors (Lipinski definition) is 3. The smallest absolute Gasteiger partial charge is 0.291 e. The van der Waals surface area contributed by atoms with Gasteiger partial charge in [0, 0.05) is 17.8 Å². The van der Waals surface area contributed by atoms with Crippen LogP contribution in [0.3, 0.4) is 0 Å². The lowest BCUT2D eigenvalue weighted by molar-refractivity contribution is -0.129. The highest BCUT2D eigenvalue weighted by atomic mass is 16.5. The minimum Gasteiger partial charge on any atom is -0.484 e. The van der Waals surface area contributed by atoms with Gasteiger partial charge >= 0.3 is 0 Å². The molecule has 0 aliphatic rings. The number of furan rings is 1. The lowest BCUT2D eigenvalue weighted by atomic mass is 10.2. The van der Waals surface area contributed by atoms with E-state index in [1.807, 2.05) is 13.8 Å². The zero-order valence-electron chi connectivity index (χ0n) is 16.2. The van der Waals surface area contributed by atoms with E-state index < -0.39 is 11.9 Å². The van der Waals surface area contributed by atoms with E-state index in [-0.39, 0.29) is 30.2 Å². The van der Waals surface area contributed by atoms with E-state index in [4.69, 9.17) is 9.15 Å². The van der Waals surface area contributed by atoms with Gasteiger partial charge in [-0.25, -0.2) is 0 Å². The summed E-state index contributed by atoms with van der Waals surface area (Å²) in [5.74, 6) is -0.456. The van der Waals surface area contributed by atoms with Crippen molar-refractivity contribution in [2.24, 2.45) is 0 Å². The molecule has 8 heteroatoms. The van der Waals surface area contributed by atoms with Crippen LogP contribution in [-0.4, -0.2) is 36.4 Å². The predicted octanol–water partition coefficient (Wildman–Crippen LogP) is 2.33. The van der Waals surface area contributed by atoms with Crippen LogP contribution in [0.2, 0.25) is 0 Å². The fraction of sp³-hybridized carbons (Fsp3) is 0.350. The van der Waals surface area contributed by atoms with E-state index in [0.29, 0.717) is 11.4 Å². The molecule has 0 saturated carbocycles. The molecule has 2 atom stereocenters. The highest BCUT2D eigenvalue weighted by Gasteiger charge is 2.17. The molecule has 1 aromatic carbocycles. The van der Waals surface area contributed by atoms with Crippen LogP contribution in [0, 0.1) is 0 Å². The second-order valence-electron chi connectivity index (χ2n) is 6.36. The summed E-state index contributed by atoms with van der Waals surface area (Å²) in [5.41, 5.74) is 0.501. The van der Waals surface area contributed by atoms with E-state index in [0.717, 1.165) is 6.42 Å². The van der Waals surface area contributed by atoms with Crippen LogP contribution in [0.5, 0.6) is 5.75 Å². The van der Waals surface area contributed by atoms with Gasteiger partial charge in [0.25, 0.3) is 11.8 Å². The van der Waals surface area contributed by atoms with Gasteiger partial charge in [-0.3, -0.25) is 14.4 Å². The Morgan fingerprint density at radius 1 is 1.11 bits per heavy atom. The van der Waals surface area contributed by atoms with Crippen molar-refractivity contribution < 1.29 is 23.5 Å². The van der Waals surface area contributed by atoms with Gasteiger partial charge < -0.3 is 25.1 Å². The number of carbonyl (C=O) groups is 3. The van der Waals surface area contributed by atoms with Crippen LogP contribution in [-0.2, 0) is 9.59 Å². The number of anilines is 1. The zero-order valence-corrected chi connectivity index (χ0v) is 16.2. The first-order chi connectivity index (χ1) is 13.4. The topological polar surface area (TPSA) is 110 Å². The van der Waals surface area contributed by atoms with Gasteiger partial charge in [-0.15, -0.1) is 0 Å². The SMILES string of the molecule is CCC(C)NC(=O)C(C)NC(=O)COc1cccc(NC(=O)c2ccco2)c1. The molecule has 0 aliphatic carbocycles. The fourth-order valence-corrected chi connectivity index (χ4v) is 2.23. The van der Waals surface area contributed by atoms with Crippen molar-refractivity contribution in [3.8, 4) is 5.75 Å². The van der Waals surface area contributed by atoms with Gasteiger partial charge in [-0.05, 0) is 44.5 Å². The van der Waals surface area contributed by atoms with Crippen molar-refractivity contribution in [1.82, 2.24) is 10.6 Å².